The van der Waals surface area contributed by atoms with Gasteiger partial charge in [-0.05, 0) is 48.0 Å². The number of benzene rings is 3. The number of hydrogen-bond acceptors (Lipinski definition) is 4. The van der Waals surface area contributed by atoms with E-state index in [1.165, 1.54) is 0 Å². The minimum absolute atomic E-state index is 0.366. The van der Waals surface area contributed by atoms with Gasteiger partial charge in [0.1, 0.15) is 18.9 Å². The third-order valence-electron chi connectivity index (χ3n) is 4.17. The van der Waals surface area contributed by atoms with Gasteiger partial charge < -0.3 is 10.1 Å². The summed E-state index contributed by atoms with van der Waals surface area (Å²) in [6.45, 7) is 0.0353. The maximum atomic E-state index is 12.4. The first-order chi connectivity index (χ1) is 14.3. The Bertz CT molecular complexity index is 1100. The average Bonchev–Trinajstić information content (AvgIpc) is 2.71. The fourth-order valence-electron chi connectivity index (χ4n) is 2.75. The Morgan fingerprint density at radius 2 is 1.70 bits per heavy atom. The summed E-state index contributed by atoms with van der Waals surface area (Å²) in [5.74, 6) is 0.117. The fourth-order valence-corrected chi connectivity index (χ4v) is 3.79. The van der Waals surface area contributed by atoms with Crippen molar-refractivity contribution in [2.75, 3.05) is 22.4 Å². The quantitative estimate of drug-likeness (QED) is 0.561. The van der Waals surface area contributed by atoms with Crippen LogP contribution < -0.4 is 14.4 Å². The minimum atomic E-state index is -3.68. The van der Waals surface area contributed by atoms with E-state index >= 15 is 0 Å². The van der Waals surface area contributed by atoms with Crippen LogP contribution in [0.15, 0.2) is 78.9 Å². The van der Waals surface area contributed by atoms with E-state index in [0.717, 1.165) is 16.1 Å². The second-order valence-electron chi connectivity index (χ2n) is 6.60. The Hall–Kier alpha value is -3.03. The summed E-state index contributed by atoms with van der Waals surface area (Å²) in [7, 11) is -3.68. The summed E-state index contributed by atoms with van der Waals surface area (Å²) in [5, 5.41) is 3.12. The van der Waals surface area contributed by atoms with E-state index in [9.17, 15) is 13.2 Å². The number of ether oxygens (including phenoxy) is 1. The lowest BCUT2D eigenvalue weighted by molar-refractivity contribution is -0.114. The monoisotopic (exact) mass is 444 g/mol. The number of nitrogens with zero attached hydrogens (tertiary/aromatic N) is 1. The third-order valence-corrected chi connectivity index (χ3v) is 5.54. The average molecular weight is 445 g/mol. The zero-order valence-electron chi connectivity index (χ0n) is 16.3. The van der Waals surface area contributed by atoms with Crippen LogP contribution in [0.5, 0.6) is 5.75 Å². The standard InChI is InChI=1S/C22H21ClN2O4S/c1-30(27,28)25(15-22(26)24-19-9-5-8-18(23)14-19)20-10-12-21(13-11-20)29-16-17-6-3-2-4-7-17/h2-14H,15-16H2,1H3,(H,24,26). The number of amides is 1. The highest BCUT2D eigenvalue weighted by atomic mass is 35.5. The molecule has 0 radical (unpaired) electrons. The van der Waals surface area contributed by atoms with Crippen LogP contribution in [-0.4, -0.2) is 27.1 Å². The summed E-state index contributed by atoms with van der Waals surface area (Å²) in [6, 6.07) is 22.9. The number of halogens is 1. The Balaban J connectivity index is 1.68. The van der Waals surface area contributed by atoms with E-state index in [1.54, 1.807) is 48.5 Å². The molecule has 0 aliphatic rings. The van der Waals surface area contributed by atoms with Gasteiger partial charge in [0, 0.05) is 10.7 Å². The van der Waals surface area contributed by atoms with Crippen molar-refractivity contribution in [3.63, 3.8) is 0 Å². The third kappa shape index (κ3) is 6.23. The van der Waals surface area contributed by atoms with Gasteiger partial charge in [0.05, 0.1) is 11.9 Å². The second-order valence-corrected chi connectivity index (χ2v) is 8.94. The van der Waals surface area contributed by atoms with E-state index in [2.05, 4.69) is 5.32 Å². The number of hydrogen-bond donors (Lipinski definition) is 1. The van der Waals surface area contributed by atoms with E-state index in [1.807, 2.05) is 30.3 Å². The molecule has 8 heteroatoms. The number of sulfonamides is 1. The SMILES string of the molecule is CS(=O)(=O)N(CC(=O)Nc1cccc(Cl)c1)c1ccc(OCc2ccccc2)cc1. The molecule has 0 aliphatic heterocycles. The molecule has 0 aliphatic carbocycles. The lowest BCUT2D eigenvalue weighted by Crippen LogP contribution is -2.37. The van der Waals surface area contributed by atoms with Gasteiger partial charge in [-0.2, -0.15) is 0 Å². The molecule has 0 heterocycles. The van der Waals surface area contributed by atoms with E-state index in [0.29, 0.717) is 28.8 Å². The molecule has 1 N–H and O–H groups in total. The molecular formula is C22H21ClN2O4S. The molecule has 0 atom stereocenters. The molecule has 30 heavy (non-hydrogen) atoms. The molecule has 3 rings (SSSR count). The summed E-state index contributed by atoms with van der Waals surface area (Å²) in [4.78, 5) is 12.4. The first-order valence-corrected chi connectivity index (χ1v) is 11.3. The predicted octanol–water partition coefficient (Wildman–Crippen LogP) is 4.32. The van der Waals surface area contributed by atoms with Gasteiger partial charge in [-0.1, -0.05) is 48.0 Å². The molecule has 3 aromatic carbocycles. The number of carbonyl (C=O) groups is 1. The van der Waals surface area contributed by atoms with Crippen LogP contribution >= 0.6 is 11.6 Å². The molecule has 0 unspecified atom stereocenters. The molecule has 3 aromatic rings. The lowest BCUT2D eigenvalue weighted by Gasteiger charge is -2.22. The molecule has 1 amide bonds. The maximum absolute atomic E-state index is 12.4. The fraction of sp³-hybridized carbons (Fsp3) is 0.136. The van der Waals surface area contributed by atoms with Crippen LogP contribution in [0.2, 0.25) is 5.02 Å². The zero-order valence-corrected chi connectivity index (χ0v) is 17.9. The highest BCUT2D eigenvalue weighted by Crippen LogP contribution is 2.23. The molecular weight excluding hydrogens is 424 g/mol. The first-order valence-electron chi connectivity index (χ1n) is 9.11. The summed E-state index contributed by atoms with van der Waals surface area (Å²) in [6.07, 6.45) is 1.06. The number of carbonyl (C=O) groups excluding carboxylic acids is 1. The largest absolute Gasteiger partial charge is 0.489 e. The van der Waals surface area contributed by atoms with Gasteiger partial charge in [-0.25, -0.2) is 8.42 Å². The van der Waals surface area contributed by atoms with Crippen molar-refractivity contribution in [2.24, 2.45) is 0 Å². The van der Waals surface area contributed by atoms with E-state index in [4.69, 9.17) is 16.3 Å². The Kier molecular flexibility index (Phi) is 6.97. The van der Waals surface area contributed by atoms with Gasteiger partial charge >= 0.3 is 0 Å². The van der Waals surface area contributed by atoms with Crippen molar-refractivity contribution in [1.29, 1.82) is 0 Å². The molecule has 0 saturated heterocycles. The number of nitrogens with one attached hydrogen (secondary N) is 1. The molecule has 6 nitrogen and oxygen atoms in total. The smallest absolute Gasteiger partial charge is 0.245 e. The zero-order chi connectivity index (χ0) is 21.6. The second kappa shape index (κ2) is 9.65. The number of anilines is 2. The molecule has 0 bridgehead atoms. The van der Waals surface area contributed by atoms with Crippen molar-refractivity contribution in [2.45, 2.75) is 6.61 Å². The van der Waals surface area contributed by atoms with Crippen LogP contribution in [-0.2, 0) is 21.4 Å². The minimum Gasteiger partial charge on any atom is -0.489 e. The van der Waals surface area contributed by atoms with Gasteiger partial charge in [0.2, 0.25) is 15.9 Å². The van der Waals surface area contributed by atoms with Crippen LogP contribution in [0.1, 0.15) is 5.56 Å². The normalized spacial score (nSPS) is 11.0. The highest BCUT2D eigenvalue weighted by Gasteiger charge is 2.21. The molecule has 0 spiro atoms. The first kappa shape index (κ1) is 21.7. The van der Waals surface area contributed by atoms with E-state index in [-0.39, 0.29) is 6.54 Å². The van der Waals surface area contributed by atoms with Gasteiger partial charge in [0.15, 0.2) is 0 Å². The van der Waals surface area contributed by atoms with Crippen molar-refractivity contribution in [1.82, 2.24) is 0 Å². The molecule has 0 saturated carbocycles. The maximum Gasteiger partial charge on any atom is 0.245 e. The summed E-state index contributed by atoms with van der Waals surface area (Å²) >= 11 is 5.91. The van der Waals surface area contributed by atoms with E-state index < -0.39 is 15.9 Å². The molecule has 0 aromatic heterocycles. The number of rotatable bonds is 8. The van der Waals surface area contributed by atoms with Crippen molar-refractivity contribution in [3.05, 3.63) is 89.4 Å². The lowest BCUT2D eigenvalue weighted by atomic mass is 10.2. The summed E-state index contributed by atoms with van der Waals surface area (Å²) in [5.41, 5.74) is 1.88. The Morgan fingerprint density at radius 3 is 2.33 bits per heavy atom. The Labute approximate surface area is 181 Å². The summed E-state index contributed by atoms with van der Waals surface area (Å²) < 4.78 is 31.3. The van der Waals surface area contributed by atoms with Crippen LogP contribution in [0.3, 0.4) is 0 Å². The highest BCUT2D eigenvalue weighted by molar-refractivity contribution is 7.92. The van der Waals surface area contributed by atoms with Crippen molar-refractivity contribution in [3.8, 4) is 5.75 Å². The van der Waals surface area contributed by atoms with Gasteiger partial charge in [-0.15, -0.1) is 0 Å². The van der Waals surface area contributed by atoms with Gasteiger partial charge in [-0.3, -0.25) is 9.10 Å². The molecule has 156 valence electrons. The molecule has 0 fully saturated rings. The predicted molar refractivity (Wildman–Crippen MR) is 119 cm³/mol. The van der Waals surface area contributed by atoms with Crippen LogP contribution in [0.25, 0.3) is 0 Å². The van der Waals surface area contributed by atoms with Crippen molar-refractivity contribution >= 4 is 38.9 Å². The van der Waals surface area contributed by atoms with Crippen LogP contribution in [0, 0.1) is 0 Å². The van der Waals surface area contributed by atoms with Crippen LogP contribution in [0.4, 0.5) is 11.4 Å². The van der Waals surface area contributed by atoms with Crippen molar-refractivity contribution < 1.29 is 17.9 Å². The van der Waals surface area contributed by atoms with Gasteiger partial charge in [0.25, 0.3) is 0 Å². The topological polar surface area (TPSA) is 75.7 Å². The Morgan fingerprint density at radius 1 is 1.00 bits per heavy atom.